The summed E-state index contributed by atoms with van der Waals surface area (Å²) in [6.07, 6.45) is 4.35. The van der Waals surface area contributed by atoms with E-state index in [9.17, 15) is 9.59 Å². The van der Waals surface area contributed by atoms with Gasteiger partial charge in [0.15, 0.2) is 0 Å². The first-order chi connectivity index (χ1) is 16.0. The number of hydrogen-bond acceptors (Lipinski definition) is 5. The second-order valence-electron chi connectivity index (χ2n) is 7.87. The molecule has 0 spiro atoms. The van der Waals surface area contributed by atoms with E-state index >= 15 is 0 Å². The number of benzene rings is 2. The molecule has 0 saturated carbocycles. The SMILES string of the molecule is CCCCCN(C(=O)CNC(=O)c1cnc2ccccc2c1)c1c(OC)cc(C)cc1OC. The molecule has 0 aliphatic carbocycles. The number of anilines is 1. The summed E-state index contributed by atoms with van der Waals surface area (Å²) in [5, 5.41) is 3.61. The van der Waals surface area contributed by atoms with Crippen LogP contribution in [0.25, 0.3) is 10.9 Å². The van der Waals surface area contributed by atoms with Crippen molar-refractivity contribution >= 4 is 28.4 Å². The van der Waals surface area contributed by atoms with E-state index in [1.54, 1.807) is 25.2 Å². The highest BCUT2D eigenvalue weighted by Crippen LogP contribution is 2.39. The fourth-order valence-electron chi connectivity index (χ4n) is 3.72. The molecular formula is C26H31N3O4. The van der Waals surface area contributed by atoms with Gasteiger partial charge in [0.1, 0.15) is 17.2 Å². The second-order valence-corrected chi connectivity index (χ2v) is 7.87. The molecule has 0 aliphatic heterocycles. The number of fused-ring (bicyclic) bond motifs is 1. The van der Waals surface area contributed by atoms with E-state index in [1.807, 2.05) is 43.3 Å². The first kappa shape index (κ1) is 24.0. The molecule has 2 amide bonds. The Morgan fingerprint density at radius 3 is 2.39 bits per heavy atom. The Kier molecular flexibility index (Phi) is 8.24. The molecule has 1 heterocycles. The molecule has 33 heavy (non-hydrogen) atoms. The summed E-state index contributed by atoms with van der Waals surface area (Å²) in [4.78, 5) is 32.0. The number of pyridine rings is 1. The lowest BCUT2D eigenvalue weighted by molar-refractivity contribution is -0.117. The van der Waals surface area contributed by atoms with Crippen LogP contribution in [0.2, 0.25) is 0 Å². The number of carbonyl (C=O) groups is 2. The van der Waals surface area contributed by atoms with Crippen molar-refractivity contribution in [2.24, 2.45) is 0 Å². The third kappa shape index (κ3) is 5.80. The number of ether oxygens (including phenoxy) is 2. The van der Waals surface area contributed by atoms with Crippen LogP contribution in [0.15, 0.2) is 48.7 Å². The van der Waals surface area contributed by atoms with Gasteiger partial charge in [-0.1, -0.05) is 38.0 Å². The van der Waals surface area contributed by atoms with Crippen molar-refractivity contribution in [2.45, 2.75) is 33.1 Å². The minimum Gasteiger partial charge on any atom is -0.494 e. The van der Waals surface area contributed by atoms with Gasteiger partial charge < -0.3 is 19.7 Å². The maximum absolute atomic E-state index is 13.3. The molecule has 174 valence electrons. The molecular weight excluding hydrogens is 418 g/mol. The van der Waals surface area contributed by atoms with Gasteiger partial charge in [0, 0.05) is 18.1 Å². The van der Waals surface area contributed by atoms with Crippen molar-refractivity contribution in [1.29, 1.82) is 0 Å². The zero-order valence-corrected chi connectivity index (χ0v) is 19.7. The Morgan fingerprint density at radius 2 is 1.73 bits per heavy atom. The van der Waals surface area contributed by atoms with E-state index in [0.29, 0.717) is 29.3 Å². The van der Waals surface area contributed by atoms with Gasteiger partial charge in [0.2, 0.25) is 5.91 Å². The van der Waals surface area contributed by atoms with Crippen LogP contribution in [0.5, 0.6) is 11.5 Å². The van der Waals surface area contributed by atoms with Crippen LogP contribution in [0.3, 0.4) is 0 Å². The molecule has 1 N–H and O–H groups in total. The Bertz CT molecular complexity index is 1100. The summed E-state index contributed by atoms with van der Waals surface area (Å²) in [7, 11) is 3.14. The number of para-hydroxylation sites is 1. The Hall–Kier alpha value is -3.61. The van der Waals surface area contributed by atoms with Crippen LogP contribution >= 0.6 is 0 Å². The summed E-state index contributed by atoms with van der Waals surface area (Å²) < 4.78 is 11.1. The third-order valence-electron chi connectivity index (χ3n) is 5.43. The van der Waals surface area contributed by atoms with Crippen molar-refractivity contribution in [3.63, 3.8) is 0 Å². The summed E-state index contributed by atoms with van der Waals surface area (Å²) in [6.45, 7) is 4.39. The number of aryl methyl sites for hydroxylation is 1. The monoisotopic (exact) mass is 449 g/mol. The first-order valence-electron chi connectivity index (χ1n) is 11.1. The molecule has 7 nitrogen and oxygen atoms in total. The van der Waals surface area contributed by atoms with E-state index in [2.05, 4.69) is 17.2 Å². The number of carbonyl (C=O) groups excluding carboxylic acids is 2. The normalized spacial score (nSPS) is 10.7. The second kappa shape index (κ2) is 11.3. The number of hydrogen-bond donors (Lipinski definition) is 1. The average molecular weight is 450 g/mol. The number of nitrogens with one attached hydrogen (secondary N) is 1. The van der Waals surface area contributed by atoms with Crippen molar-refractivity contribution in [3.05, 3.63) is 59.8 Å². The number of nitrogens with zero attached hydrogens (tertiary/aromatic N) is 2. The molecule has 3 aromatic rings. The summed E-state index contributed by atoms with van der Waals surface area (Å²) >= 11 is 0. The predicted molar refractivity (Wildman–Crippen MR) is 130 cm³/mol. The fraction of sp³-hybridized carbons (Fsp3) is 0.346. The minimum absolute atomic E-state index is 0.155. The molecule has 0 unspecified atom stereocenters. The lowest BCUT2D eigenvalue weighted by Crippen LogP contribution is -2.41. The molecule has 3 rings (SSSR count). The van der Waals surface area contributed by atoms with E-state index in [0.717, 1.165) is 35.7 Å². The molecule has 0 saturated heterocycles. The topological polar surface area (TPSA) is 80.8 Å². The highest BCUT2D eigenvalue weighted by Gasteiger charge is 2.24. The highest BCUT2D eigenvalue weighted by atomic mass is 16.5. The zero-order valence-electron chi connectivity index (χ0n) is 19.7. The molecule has 0 bridgehead atoms. The molecule has 1 aromatic heterocycles. The van der Waals surface area contributed by atoms with Crippen LogP contribution in [0, 0.1) is 6.92 Å². The van der Waals surface area contributed by atoms with Gasteiger partial charge in [0.25, 0.3) is 5.91 Å². The van der Waals surface area contributed by atoms with E-state index < -0.39 is 0 Å². The van der Waals surface area contributed by atoms with Gasteiger partial charge >= 0.3 is 0 Å². The molecule has 7 heteroatoms. The molecule has 0 fully saturated rings. The smallest absolute Gasteiger partial charge is 0.253 e. The number of amides is 2. The van der Waals surface area contributed by atoms with Gasteiger partial charge in [-0.3, -0.25) is 14.6 Å². The zero-order chi connectivity index (χ0) is 23.8. The Labute approximate surface area is 194 Å². The summed E-state index contributed by atoms with van der Waals surface area (Å²) in [6, 6.07) is 13.1. The fourth-order valence-corrected chi connectivity index (χ4v) is 3.72. The van der Waals surface area contributed by atoms with Gasteiger partial charge in [-0.05, 0) is 43.2 Å². The van der Waals surface area contributed by atoms with Gasteiger partial charge in [-0.25, -0.2) is 0 Å². The maximum Gasteiger partial charge on any atom is 0.253 e. The molecule has 2 aromatic carbocycles. The van der Waals surface area contributed by atoms with Crippen molar-refractivity contribution in [2.75, 3.05) is 32.2 Å². The van der Waals surface area contributed by atoms with Crippen molar-refractivity contribution in [1.82, 2.24) is 10.3 Å². The largest absolute Gasteiger partial charge is 0.494 e. The lowest BCUT2D eigenvalue weighted by Gasteiger charge is -2.27. The quantitative estimate of drug-likeness (QED) is 0.461. The van der Waals surface area contributed by atoms with Crippen LogP contribution in [0.1, 0.15) is 42.1 Å². The van der Waals surface area contributed by atoms with Crippen LogP contribution < -0.4 is 19.7 Å². The van der Waals surface area contributed by atoms with Crippen LogP contribution in [-0.4, -0.2) is 44.1 Å². The van der Waals surface area contributed by atoms with Crippen LogP contribution in [0.4, 0.5) is 5.69 Å². The van der Waals surface area contributed by atoms with E-state index in [-0.39, 0.29) is 18.4 Å². The van der Waals surface area contributed by atoms with Crippen molar-refractivity contribution in [3.8, 4) is 11.5 Å². The molecule has 0 atom stereocenters. The number of rotatable bonds is 10. The summed E-state index contributed by atoms with van der Waals surface area (Å²) in [5.74, 6) is 0.523. The number of unbranched alkanes of at least 4 members (excludes halogenated alkanes) is 2. The highest BCUT2D eigenvalue weighted by molar-refractivity contribution is 6.02. The predicted octanol–water partition coefficient (Wildman–Crippen LogP) is 4.51. The maximum atomic E-state index is 13.3. The Morgan fingerprint density at radius 1 is 1.03 bits per heavy atom. The average Bonchev–Trinajstić information content (AvgIpc) is 2.84. The van der Waals surface area contributed by atoms with Gasteiger partial charge in [-0.15, -0.1) is 0 Å². The van der Waals surface area contributed by atoms with Gasteiger partial charge in [0.05, 0.1) is 31.8 Å². The number of aromatic nitrogens is 1. The summed E-state index contributed by atoms with van der Waals surface area (Å²) in [5.41, 5.74) is 2.76. The molecule has 0 aliphatic rings. The van der Waals surface area contributed by atoms with Gasteiger partial charge in [-0.2, -0.15) is 0 Å². The molecule has 0 radical (unpaired) electrons. The van der Waals surface area contributed by atoms with E-state index in [1.165, 1.54) is 6.20 Å². The minimum atomic E-state index is -0.349. The van der Waals surface area contributed by atoms with Crippen LogP contribution in [-0.2, 0) is 4.79 Å². The Balaban J connectivity index is 1.81. The standard InChI is InChI=1S/C26H31N3O4/c1-5-6-9-12-29(25-22(32-3)13-18(2)14-23(25)33-4)24(30)17-28-26(31)20-15-19-10-7-8-11-21(19)27-16-20/h7-8,10-11,13-16H,5-6,9,12,17H2,1-4H3,(H,28,31). The lowest BCUT2D eigenvalue weighted by atomic mass is 10.1. The van der Waals surface area contributed by atoms with E-state index in [4.69, 9.17) is 9.47 Å². The van der Waals surface area contributed by atoms with Crippen molar-refractivity contribution < 1.29 is 19.1 Å². The third-order valence-corrected chi connectivity index (χ3v) is 5.43. The number of methoxy groups -OCH3 is 2. The first-order valence-corrected chi connectivity index (χ1v) is 11.1.